The van der Waals surface area contributed by atoms with E-state index < -0.39 is 0 Å². The highest BCUT2D eigenvalue weighted by Crippen LogP contribution is 2.09. The highest BCUT2D eigenvalue weighted by Gasteiger charge is 2.20. The summed E-state index contributed by atoms with van der Waals surface area (Å²) in [6.07, 6.45) is 1.75. The first-order valence-electron chi connectivity index (χ1n) is 2.82. The van der Waals surface area contributed by atoms with Crippen LogP contribution in [0.4, 0.5) is 0 Å². The average molecular weight is 128 g/mol. The monoisotopic (exact) mass is 128 g/mol. The van der Waals surface area contributed by atoms with Gasteiger partial charge in [0.2, 0.25) is 0 Å². The van der Waals surface area contributed by atoms with Crippen LogP contribution in [0.25, 0.3) is 0 Å². The normalized spacial score (nSPS) is 29.0. The van der Waals surface area contributed by atoms with E-state index in [2.05, 4.69) is 0 Å². The molecule has 0 spiro atoms. The van der Waals surface area contributed by atoms with Gasteiger partial charge in [-0.15, -0.1) is 0 Å². The van der Waals surface area contributed by atoms with Crippen molar-refractivity contribution in [3.8, 4) is 0 Å². The van der Waals surface area contributed by atoms with E-state index in [0.717, 1.165) is 0 Å². The molecule has 4 nitrogen and oxygen atoms in total. The molecule has 0 aromatic heterocycles. The minimum atomic E-state index is -0.0602. The molecule has 0 bridgehead atoms. The summed E-state index contributed by atoms with van der Waals surface area (Å²) in [5, 5.41) is 3.67. The van der Waals surface area contributed by atoms with Crippen molar-refractivity contribution in [3.05, 3.63) is 11.9 Å². The third kappa shape index (κ3) is 0.863. The first-order valence-corrected chi connectivity index (χ1v) is 2.82. The number of hydrazine groups is 1. The lowest BCUT2D eigenvalue weighted by atomic mass is 10.5. The predicted molar refractivity (Wildman–Crippen MR) is 35.8 cm³/mol. The second-order valence-electron chi connectivity index (χ2n) is 2.18. The van der Waals surface area contributed by atoms with Gasteiger partial charge in [0.25, 0.3) is 0 Å². The molecular weight excluding hydrogens is 116 g/mol. The van der Waals surface area contributed by atoms with Gasteiger partial charge in [0.15, 0.2) is 0 Å². The van der Waals surface area contributed by atoms with Crippen molar-refractivity contribution in [3.63, 3.8) is 0 Å². The highest BCUT2D eigenvalue weighted by atomic mass is 15.7. The van der Waals surface area contributed by atoms with Crippen LogP contribution in [0.2, 0.25) is 0 Å². The molecule has 52 valence electrons. The number of hydrogen-bond donors (Lipinski definition) is 2. The van der Waals surface area contributed by atoms with E-state index in [4.69, 9.17) is 11.5 Å². The van der Waals surface area contributed by atoms with Crippen molar-refractivity contribution >= 4 is 0 Å². The maximum absolute atomic E-state index is 5.59. The van der Waals surface area contributed by atoms with E-state index >= 15 is 0 Å². The van der Waals surface area contributed by atoms with Crippen molar-refractivity contribution in [2.45, 2.75) is 6.17 Å². The van der Waals surface area contributed by atoms with E-state index in [0.29, 0.717) is 5.82 Å². The minimum Gasteiger partial charge on any atom is -0.384 e. The van der Waals surface area contributed by atoms with Gasteiger partial charge in [0, 0.05) is 14.1 Å². The lowest BCUT2D eigenvalue weighted by Gasteiger charge is -2.25. The van der Waals surface area contributed by atoms with Crippen LogP contribution in [0.1, 0.15) is 0 Å². The second kappa shape index (κ2) is 1.89. The fourth-order valence-electron chi connectivity index (χ4n) is 0.773. The molecule has 0 aliphatic carbocycles. The third-order valence-corrected chi connectivity index (χ3v) is 1.62. The Labute approximate surface area is 54.7 Å². The summed E-state index contributed by atoms with van der Waals surface area (Å²) in [4.78, 5) is 0. The predicted octanol–water partition coefficient (Wildman–Crippen LogP) is -1.14. The van der Waals surface area contributed by atoms with Gasteiger partial charge in [-0.2, -0.15) is 0 Å². The molecule has 9 heavy (non-hydrogen) atoms. The fourth-order valence-corrected chi connectivity index (χ4v) is 0.773. The van der Waals surface area contributed by atoms with Crippen LogP contribution in [0, 0.1) is 0 Å². The van der Waals surface area contributed by atoms with Gasteiger partial charge >= 0.3 is 0 Å². The Hall–Kier alpha value is -0.740. The zero-order valence-corrected chi connectivity index (χ0v) is 5.70. The van der Waals surface area contributed by atoms with Crippen LogP contribution >= 0.6 is 0 Å². The molecule has 4 heteroatoms. The quantitative estimate of drug-likeness (QED) is 0.433. The molecule has 1 unspecified atom stereocenters. The molecule has 0 saturated heterocycles. The smallest absolute Gasteiger partial charge is 0.112 e. The Balaban J connectivity index is 2.70. The van der Waals surface area contributed by atoms with Crippen LogP contribution in [-0.4, -0.2) is 30.3 Å². The minimum absolute atomic E-state index is 0.0602. The van der Waals surface area contributed by atoms with Crippen LogP contribution in [-0.2, 0) is 0 Å². The Kier molecular flexibility index (Phi) is 1.34. The Bertz CT molecular complexity index is 142. The SMILES string of the molecule is CN1C(N)=CC(N)N1C. The topological polar surface area (TPSA) is 58.5 Å². The average Bonchev–Trinajstić information content (AvgIpc) is 1.98. The Morgan fingerprint density at radius 1 is 1.56 bits per heavy atom. The molecule has 0 amide bonds. The summed E-state index contributed by atoms with van der Waals surface area (Å²) in [5.41, 5.74) is 11.1. The molecule has 0 aromatic carbocycles. The molecule has 1 rings (SSSR count). The molecule has 1 aliphatic heterocycles. The van der Waals surface area contributed by atoms with Crippen LogP contribution < -0.4 is 11.5 Å². The maximum Gasteiger partial charge on any atom is 0.112 e. The van der Waals surface area contributed by atoms with E-state index in [9.17, 15) is 0 Å². The van der Waals surface area contributed by atoms with E-state index in [1.165, 1.54) is 0 Å². The summed E-state index contributed by atoms with van der Waals surface area (Å²) >= 11 is 0. The molecule has 0 radical (unpaired) electrons. The van der Waals surface area contributed by atoms with Gasteiger partial charge in [0.05, 0.1) is 6.17 Å². The summed E-state index contributed by atoms with van der Waals surface area (Å²) in [6, 6.07) is 0. The third-order valence-electron chi connectivity index (χ3n) is 1.62. The van der Waals surface area contributed by atoms with Crippen molar-refractivity contribution in [2.24, 2.45) is 11.5 Å². The van der Waals surface area contributed by atoms with Gasteiger partial charge in [0.1, 0.15) is 5.82 Å². The van der Waals surface area contributed by atoms with Crippen molar-refractivity contribution in [1.29, 1.82) is 0 Å². The Morgan fingerprint density at radius 3 is 2.22 bits per heavy atom. The van der Waals surface area contributed by atoms with Gasteiger partial charge in [-0.3, -0.25) is 5.01 Å². The summed E-state index contributed by atoms with van der Waals surface area (Å²) in [7, 11) is 3.76. The number of likely N-dealkylation sites (N-methyl/N-ethyl adjacent to an activating group) is 1. The van der Waals surface area contributed by atoms with Gasteiger partial charge < -0.3 is 11.5 Å². The molecule has 0 fully saturated rings. The van der Waals surface area contributed by atoms with Gasteiger partial charge in [-0.25, -0.2) is 5.01 Å². The zero-order valence-electron chi connectivity index (χ0n) is 5.70. The number of nitrogens with zero attached hydrogens (tertiary/aromatic N) is 2. The Morgan fingerprint density at radius 2 is 2.11 bits per heavy atom. The molecular formula is C5H12N4. The molecule has 0 saturated carbocycles. The molecule has 4 N–H and O–H groups in total. The highest BCUT2D eigenvalue weighted by molar-refractivity contribution is 5.05. The fraction of sp³-hybridized carbons (Fsp3) is 0.600. The first kappa shape index (κ1) is 6.38. The summed E-state index contributed by atoms with van der Waals surface area (Å²) in [6.45, 7) is 0. The molecule has 1 atom stereocenters. The van der Waals surface area contributed by atoms with Crippen molar-refractivity contribution in [2.75, 3.05) is 14.1 Å². The lowest BCUT2D eigenvalue weighted by Crippen LogP contribution is -2.41. The number of hydrogen-bond acceptors (Lipinski definition) is 4. The van der Waals surface area contributed by atoms with Crippen LogP contribution in [0.3, 0.4) is 0 Å². The molecule has 1 aliphatic rings. The molecule has 1 heterocycles. The van der Waals surface area contributed by atoms with Crippen LogP contribution in [0.5, 0.6) is 0 Å². The second-order valence-corrected chi connectivity index (χ2v) is 2.18. The van der Waals surface area contributed by atoms with E-state index in [1.54, 1.807) is 6.08 Å². The zero-order chi connectivity index (χ0) is 7.02. The van der Waals surface area contributed by atoms with E-state index in [-0.39, 0.29) is 6.17 Å². The summed E-state index contributed by atoms with van der Waals surface area (Å²) in [5.74, 6) is 0.713. The van der Waals surface area contributed by atoms with Crippen LogP contribution in [0.15, 0.2) is 11.9 Å². The van der Waals surface area contributed by atoms with Gasteiger partial charge in [-0.05, 0) is 6.08 Å². The molecule has 0 aromatic rings. The first-order chi connectivity index (χ1) is 4.13. The number of rotatable bonds is 0. The summed E-state index contributed by atoms with van der Waals surface area (Å²) < 4.78 is 0. The largest absolute Gasteiger partial charge is 0.384 e. The standard InChI is InChI=1S/C5H12N4/c1-8-4(6)3-5(7)9(8)2/h3-4H,6-7H2,1-2H3. The maximum atomic E-state index is 5.59. The van der Waals surface area contributed by atoms with Crippen molar-refractivity contribution < 1.29 is 0 Å². The lowest BCUT2D eigenvalue weighted by molar-refractivity contribution is 0.0636. The number of nitrogens with two attached hydrogens (primary N) is 2. The van der Waals surface area contributed by atoms with Crippen molar-refractivity contribution in [1.82, 2.24) is 10.0 Å². The van der Waals surface area contributed by atoms with E-state index in [1.807, 2.05) is 24.1 Å². The van der Waals surface area contributed by atoms with Gasteiger partial charge in [-0.1, -0.05) is 0 Å².